The average Bonchev–Trinajstić information content (AvgIpc) is 2.67. The predicted molar refractivity (Wildman–Crippen MR) is 61.8 cm³/mol. The van der Waals surface area contributed by atoms with E-state index in [-0.39, 0.29) is 5.56 Å². The van der Waals surface area contributed by atoms with Gasteiger partial charge in [-0.1, -0.05) is 6.07 Å². The van der Waals surface area contributed by atoms with Crippen molar-refractivity contribution in [1.82, 2.24) is 9.97 Å². The van der Waals surface area contributed by atoms with Crippen molar-refractivity contribution in [2.45, 2.75) is 13.8 Å². The van der Waals surface area contributed by atoms with Crippen molar-refractivity contribution in [2.24, 2.45) is 0 Å². The number of aromatic nitrogens is 2. The van der Waals surface area contributed by atoms with E-state index in [1.807, 2.05) is 17.5 Å². The van der Waals surface area contributed by atoms with Gasteiger partial charge in [0.25, 0.3) is 0 Å². The second-order valence-corrected chi connectivity index (χ2v) is 4.31. The molecule has 0 aliphatic heterocycles. The first-order valence-electron chi connectivity index (χ1n) is 4.72. The zero-order valence-corrected chi connectivity index (χ0v) is 9.71. The Morgan fingerprint density at radius 3 is 2.69 bits per heavy atom. The lowest BCUT2D eigenvalue weighted by atomic mass is 10.1. The Balaban J connectivity index is 2.72. The summed E-state index contributed by atoms with van der Waals surface area (Å²) in [4.78, 5) is 20.3. The van der Waals surface area contributed by atoms with Crippen LogP contribution in [0.5, 0.6) is 0 Å². The van der Waals surface area contributed by atoms with Gasteiger partial charge in [0, 0.05) is 0 Å². The molecular weight excluding hydrogens is 224 g/mol. The lowest BCUT2D eigenvalue weighted by Gasteiger charge is -2.06. The van der Waals surface area contributed by atoms with Gasteiger partial charge in [-0.05, 0) is 25.3 Å². The minimum atomic E-state index is -0.985. The molecule has 0 radical (unpaired) electrons. The molecule has 0 fully saturated rings. The molecule has 4 nitrogen and oxygen atoms in total. The molecule has 2 aromatic rings. The van der Waals surface area contributed by atoms with E-state index in [9.17, 15) is 4.79 Å². The molecule has 0 aromatic carbocycles. The summed E-state index contributed by atoms with van der Waals surface area (Å²) in [6, 6.07) is 3.73. The van der Waals surface area contributed by atoms with E-state index >= 15 is 0 Å². The molecule has 0 amide bonds. The van der Waals surface area contributed by atoms with Gasteiger partial charge in [-0.25, -0.2) is 14.8 Å². The molecule has 0 atom stereocenters. The third-order valence-corrected chi connectivity index (χ3v) is 3.05. The van der Waals surface area contributed by atoms with Gasteiger partial charge < -0.3 is 5.11 Å². The SMILES string of the molecule is Cc1nc(C)c(C(=O)O)c(-c2cccs2)n1. The molecule has 2 aromatic heterocycles. The molecule has 0 spiro atoms. The van der Waals surface area contributed by atoms with Gasteiger partial charge in [0.05, 0.1) is 16.3 Å². The maximum absolute atomic E-state index is 11.2. The molecule has 0 aliphatic carbocycles. The first-order valence-corrected chi connectivity index (χ1v) is 5.60. The average molecular weight is 234 g/mol. The number of nitrogens with zero attached hydrogens (tertiary/aromatic N) is 2. The fourth-order valence-corrected chi connectivity index (χ4v) is 2.28. The van der Waals surface area contributed by atoms with Crippen LogP contribution in [0, 0.1) is 13.8 Å². The second-order valence-electron chi connectivity index (χ2n) is 3.36. The van der Waals surface area contributed by atoms with Crippen LogP contribution in [0.15, 0.2) is 17.5 Å². The summed E-state index contributed by atoms with van der Waals surface area (Å²) < 4.78 is 0. The molecule has 0 bridgehead atoms. The van der Waals surface area contributed by atoms with E-state index in [0.717, 1.165) is 4.88 Å². The van der Waals surface area contributed by atoms with Crippen molar-refractivity contribution in [1.29, 1.82) is 0 Å². The van der Waals surface area contributed by atoms with Crippen molar-refractivity contribution >= 4 is 17.3 Å². The van der Waals surface area contributed by atoms with Crippen molar-refractivity contribution < 1.29 is 9.90 Å². The standard InChI is InChI=1S/C11H10N2O2S/c1-6-9(11(14)15)10(13-7(2)12-6)8-4-3-5-16-8/h3-5H,1-2H3,(H,14,15). The zero-order chi connectivity index (χ0) is 11.7. The fourth-order valence-electron chi connectivity index (χ4n) is 1.56. The quantitative estimate of drug-likeness (QED) is 0.867. The maximum atomic E-state index is 11.2. The van der Waals surface area contributed by atoms with Gasteiger partial charge in [0.2, 0.25) is 0 Å². The Bertz CT molecular complexity index is 535. The molecule has 82 valence electrons. The number of thiophene rings is 1. The lowest BCUT2D eigenvalue weighted by molar-refractivity contribution is 0.0696. The first-order chi connectivity index (χ1) is 7.59. The molecule has 5 heteroatoms. The fraction of sp³-hybridized carbons (Fsp3) is 0.182. The van der Waals surface area contributed by atoms with Crippen LogP contribution in [0.3, 0.4) is 0 Å². The Labute approximate surface area is 96.6 Å². The molecule has 1 N–H and O–H groups in total. The summed E-state index contributed by atoms with van der Waals surface area (Å²) >= 11 is 1.47. The number of carbonyl (C=O) groups is 1. The number of hydrogen-bond acceptors (Lipinski definition) is 4. The first kappa shape index (κ1) is 10.8. The van der Waals surface area contributed by atoms with Gasteiger partial charge in [-0.3, -0.25) is 0 Å². The summed E-state index contributed by atoms with van der Waals surface area (Å²) in [5.41, 5.74) is 1.20. The van der Waals surface area contributed by atoms with Crippen molar-refractivity contribution in [3.05, 3.63) is 34.6 Å². The normalized spacial score (nSPS) is 10.4. The van der Waals surface area contributed by atoms with Crippen LogP contribution >= 0.6 is 11.3 Å². The number of aromatic carboxylic acids is 1. The van der Waals surface area contributed by atoms with E-state index in [4.69, 9.17) is 5.11 Å². The highest BCUT2D eigenvalue weighted by Crippen LogP contribution is 2.27. The van der Waals surface area contributed by atoms with Gasteiger partial charge in [0.15, 0.2) is 0 Å². The molecule has 16 heavy (non-hydrogen) atoms. The maximum Gasteiger partial charge on any atom is 0.339 e. The third kappa shape index (κ3) is 1.81. The summed E-state index contributed by atoms with van der Waals surface area (Å²) in [7, 11) is 0. The summed E-state index contributed by atoms with van der Waals surface area (Å²) in [5.74, 6) is -0.396. The highest BCUT2D eigenvalue weighted by Gasteiger charge is 2.18. The minimum absolute atomic E-state index is 0.188. The Kier molecular flexibility index (Phi) is 2.70. The molecule has 0 unspecified atom stereocenters. The number of aryl methyl sites for hydroxylation is 2. The number of carboxylic acid groups (broad SMARTS) is 1. The lowest BCUT2D eigenvalue weighted by Crippen LogP contribution is -2.08. The Morgan fingerprint density at radius 2 is 2.12 bits per heavy atom. The molecular formula is C11H10N2O2S. The zero-order valence-electron chi connectivity index (χ0n) is 8.89. The molecule has 0 aliphatic rings. The van der Waals surface area contributed by atoms with Crippen molar-refractivity contribution in [3.63, 3.8) is 0 Å². The highest BCUT2D eigenvalue weighted by atomic mass is 32.1. The van der Waals surface area contributed by atoms with Crippen LogP contribution in [0.4, 0.5) is 0 Å². The predicted octanol–water partition coefficient (Wildman–Crippen LogP) is 2.52. The van der Waals surface area contributed by atoms with Crippen LogP contribution in [-0.4, -0.2) is 21.0 Å². The number of carboxylic acids is 1. The van der Waals surface area contributed by atoms with E-state index in [0.29, 0.717) is 17.2 Å². The summed E-state index contributed by atoms with van der Waals surface area (Å²) in [5, 5.41) is 11.1. The van der Waals surface area contributed by atoms with E-state index in [2.05, 4.69) is 9.97 Å². The van der Waals surface area contributed by atoms with Crippen LogP contribution in [0.2, 0.25) is 0 Å². The third-order valence-electron chi connectivity index (χ3n) is 2.17. The summed E-state index contributed by atoms with van der Waals surface area (Å²) in [6.45, 7) is 3.45. The smallest absolute Gasteiger partial charge is 0.339 e. The van der Waals surface area contributed by atoms with Crippen LogP contribution in [0.25, 0.3) is 10.6 Å². The monoisotopic (exact) mass is 234 g/mol. The van der Waals surface area contributed by atoms with Gasteiger partial charge >= 0.3 is 5.97 Å². The molecule has 0 saturated carbocycles. The molecule has 2 rings (SSSR count). The van der Waals surface area contributed by atoms with Gasteiger partial charge in [-0.2, -0.15) is 0 Å². The van der Waals surface area contributed by atoms with E-state index in [1.165, 1.54) is 11.3 Å². The molecule has 0 saturated heterocycles. The van der Waals surface area contributed by atoms with E-state index < -0.39 is 5.97 Å². The number of hydrogen-bond donors (Lipinski definition) is 1. The van der Waals surface area contributed by atoms with Gasteiger partial charge in [0.1, 0.15) is 11.4 Å². The molecule has 2 heterocycles. The second kappa shape index (κ2) is 4.02. The highest BCUT2D eigenvalue weighted by molar-refractivity contribution is 7.13. The van der Waals surface area contributed by atoms with Gasteiger partial charge in [-0.15, -0.1) is 11.3 Å². The minimum Gasteiger partial charge on any atom is -0.478 e. The van der Waals surface area contributed by atoms with Crippen molar-refractivity contribution in [3.8, 4) is 10.6 Å². The van der Waals surface area contributed by atoms with Crippen LogP contribution < -0.4 is 0 Å². The largest absolute Gasteiger partial charge is 0.478 e. The Morgan fingerprint density at radius 1 is 1.38 bits per heavy atom. The van der Waals surface area contributed by atoms with E-state index in [1.54, 1.807) is 13.8 Å². The van der Waals surface area contributed by atoms with Crippen LogP contribution in [-0.2, 0) is 0 Å². The van der Waals surface area contributed by atoms with Crippen molar-refractivity contribution in [2.75, 3.05) is 0 Å². The van der Waals surface area contributed by atoms with Crippen LogP contribution in [0.1, 0.15) is 21.9 Å². The Hall–Kier alpha value is -1.75. The summed E-state index contributed by atoms with van der Waals surface area (Å²) in [6.07, 6.45) is 0. The number of rotatable bonds is 2. The topological polar surface area (TPSA) is 63.1 Å².